The third kappa shape index (κ3) is 3.66. The Hall–Kier alpha value is -2.70. The average molecular weight is 425 g/mol. The van der Waals surface area contributed by atoms with Crippen LogP contribution in [-0.2, 0) is 10.0 Å². The number of hydrogen-bond donors (Lipinski definition) is 0. The lowest BCUT2D eigenvalue weighted by molar-refractivity contribution is -0.385. The van der Waals surface area contributed by atoms with Gasteiger partial charge in [-0.15, -0.1) is 11.8 Å². The smallest absolute Gasteiger partial charge is 0.311 e. The fourth-order valence-corrected chi connectivity index (χ4v) is 6.07. The summed E-state index contributed by atoms with van der Waals surface area (Å²) in [5.41, 5.74) is -0.00209. The normalized spacial score (nSPS) is 17.4. The first-order valence-electron chi connectivity index (χ1n) is 7.96. The van der Waals surface area contributed by atoms with E-state index in [1.54, 1.807) is 6.07 Å². The maximum absolute atomic E-state index is 13.0. The molecule has 2 aromatic rings. The van der Waals surface area contributed by atoms with Crippen LogP contribution < -0.4 is 4.74 Å². The Labute approximate surface area is 164 Å². The van der Waals surface area contributed by atoms with Gasteiger partial charge in [-0.1, -0.05) is 6.07 Å². The number of hydrogen-bond acceptors (Lipinski definition) is 8. The SMILES string of the molecule is COc1ccc(C2SCCN2S(=O)(=O)c2ccc([N+](=O)[O-])cc2)cc1[N+](=O)[O-]. The highest BCUT2D eigenvalue weighted by Gasteiger charge is 2.38. The molecule has 12 heteroatoms. The summed E-state index contributed by atoms with van der Waals surface area (Å²) in [6.45, 7) is 0.217. The van der Waals surface area contributed by atoms with Crippen LogP contribution in [0.4, 0.5) is 11.4 Å². The van der Waals surface area contributed by atoms with Crippen molar-refractivity contribution in [2.24, 2.45) is 0 Å². The standard InChI is InChI=1S/C16H15N3O7S2/c1-26-15-7-2-11(10-14(15)19(22)23)16-17(8-9-27-16)28(24,25)13-5-3-12(4-6-13)18(20)21/h2-7,10,16H,8-9H2,1H3. The van der Waals surface area contributed by atoms with Gasteiger partial charge in [-0.3, -0.25) is 20.2 Å². The second kappa shape index (κ2) is 7.73. The van der Waals surface area contributed by atoms with Gasteiger partial charge in [0.1, 0.15) is 0 Å². The molecule has 0 aromatic heterocycles. The molecule has 2 aromatic carbocycles. The zero-order valence-corrected chi connectivity index (χ0v) is 16.2. The van der Waals surface area contributed by atoms with Crippen LogP contribution in [0.2, 0.25) is 0 Å². The van der Waals surface area contributed by atoms with Crippen molar-refractivity contribution in [3.05, 3.63) is 68.3 Å². The molecule has 10 nitrogen and oxygen atoms in total. The highest BCUT2D eigenvalue weighted by molar-refractivity contribution is 8.01. The molecule has 0 saturated carbocycles. The van der Waals surface area contributed by atoms with Gasteiger partial charge < -0.3 is 4.74 Å². The van der Waals surface area contributed by atoms with Gasteiger partial charge in [0.25, 0.3) is 5.69 Å². The molecule has 148 valence electrons. The first-order chi connectivity index (χ1) is 13.3. The Bertz CT molecular complexity index is 1030. The van der Waals surface area contributed by atoms with E-state index in [9.17, 15) is 28.6 Å². The first-order valence-corrected chi connectivity index (χ1v) is 10.4. The van der Waals surface area contributed by atoms with Gasteiger partial charge in [0, 0.05) is 30.5 Å². The van der Waals surface area contributed by atoms with Crippen LogP contribution >= 0.6 is 11.8 Å². The minimum Gasteiger partial charge on any atom is -0.490 e. The maximum Gasteiger partial charge on any atom is 0.311 e. The molecule has 0 bridgehead atoms. The molecular weight excluding hydrogens is 410 g/mol. The molecule has 0 spiro atoms. The molecule has 0 radical (unpaired) electrons. The number of sulfonamides is 1. The summed E-state index contributed by atoms with van der Waals surface area (Å²) in [4.78, 5) is 20.8. The summed E-state index contributed by atoms with van der Waals surface area (Å²) in [5.74, 6) is 0.595. The van der Waals surface area contributed by atoms with Crippen molar-refractivity contribution in [2.45, 2.75) is 10.3 Å². The molecule has 1 saturated heterocycles. The van der Waals surface area contributed by atoms with E-state index in [1.807, 2.05) is 0 Å². The highest BCUT2D eigenvalue weighted by atomic mass is 32.2. The number of benzene rings is 2. The number of ether oxygens (including phenoxy) is 1. The van der Waals surface area contributed by atoms with Crippen LogP contribution in [0.5, 0.6) is 5.75 Å². The Morgan fingerprint density at radius 2 is 1.79 bits per heavy atom. The lowest BCUT2D eigenvalue weighted by Gasteiger charge is -2.23. The highest BCUT2D eigenvalue weighted by Crippen LogP contribution is 2.43. The Morgan fingerprint density at radius 1 is 1.11 bits per heavy atom. The molecule has 1 aliphatic heterocycles. The quantitative estimate of drug-likeness (QED) is 0.509. The maximum atomic E-state index is 13.0. The van der Waals surface area contributed by atoms with Gasteiger partial charge in [0.15, 0.2) is 5.75 Å². The van der Waals surface area contributed by atoms with Gasteiger partial charge in [-0.2, -0.15) is 4.31 Å². The topological polar surface area (TPSA) is 133 Å². The largest absolute Gasteiger partial charge is 0.490 e. The summed E-state index contributed by atoms with van der Waals surface area (Å²) in [6.07, 6.45) is 0. The fraction of sp³-hybridized carbons (Fsp3) is 0.250. The molecule has 1 fully saturated rings. The van der Waals surface area contributed by atoms with Crippen molar-refractivity contribution >= 4 is 33.2 Å². The van der Waals surface area contributed by atoms with Gasteiger partial charge >= 0.3 is 5.69 Å². The second-order valence-corrected chi connectivity index (χ2v) is 8.86. The molecule has 0 N–H and O–H groups in total. The summed E-state index contributed by atoms with van der Waals surface area (Å²) in [7, 11) is -2.62. The minimum atomic E-state index is -3.94. The van der Waals surface area contributed by atoms with Crippen molar-refractivity contribution in [3.63, 3.8) is 0 Å². The van der Waals surface area contributed by atoms with Gasteiger partial charge in [0.2, 0.25) is 10.0 Å². The van der Waals surface area contributed by atoms with Crippen molar-refractivity contribution in [1.29, 1.82) is 0 Å². The summed E-state index contributed by atoms with van der Waals surface area (Å²) >= 11 is 1.34. The van der Waals surface area contributed by atoms with Crippen molar-refractivity contribution in [1.82, 2.24) is 4.31 Å². The first kappa shape index (κ1) is 20.0. The number of non-ortho nitro benzene ring substituents is 1. The van der Waals surface area contributed by atoms with E-state index in [4.69, 9.17) is 4.74 Å². The van der Waals surface area contributed by atoms with E-state index in [0.717, 1.165) is 12.1 Å². The minimum absolute atomic E-state index is 0.0754. The molecule has 1 heterocycles. The summed E-state index contributed by atoms with van der Waals surface area (Å²) in [6, 6.07) is 8.96. The van der Waals surface area contributed by atoms with E-state index >= 15 is 0 Å². The zero-order chi connectivity index (χ0) is 20.5. The molecular formula is C16H15N3O7S2. The van der Waals surface area contributed by atoms with E-state index in [2.05, 4.69) is 0 Å². The predicted molar refractivity (Wildman–Crippen MR) is 102 cm³/mol. The average Bonchev–Trinajstić information content (AvgIpc) is 3.18. The number of thioether (sulfide) groups is 1. The number of nitro benzene ring substituents is 2. The van der Waals surface area contributed by atoms with Crippen molar-refractivity contribution in [2.75, 3.05) is 19.4 Å². The summed E-state index contributed by atoms with van der Waals surface area (Å²) in [5, 5.41) is 21.4. The molecule has 0 aliphatic carbocycles. The Kier molecular flexibility index (Phi) is 5.54. The summed E-state index contributed by atoms with van der Waals surface area (Å²) < 4.78 is 32.3. The zero-order valence-electron chi connectivity index (χ0n) is 14.5. The number of nitrogens with zero attached hydrogens (tertiary/aromatic N) is 3. The van der Waals surface area contributed by atoms with Crippen LogP contribution in [0.15, 0.2) is 47.4 Å². The molecule has 1 unspecified atom stereocenters. The van der Waals surface area contributed by atoms with E-state index < -0.39 is 25.2 Å². The van der Waals surface area contributed by atoms with E-state index in [-0.39, 0.29) is 28.6 Å². The van der Waals surface area contributed by atoms with Crippen LogP contribution in [0.3, 0.4) is 0 Å². The van der Waals surface area contributed by atoms with Crippen LogP contribution in [0.1, 0.15) is 10.9 Å². The van der Waals surface area contributed by atoms with Crippen LogP contribution in [-0.4, -0.2) is 42.0 Å². The van der Waals surface area contributed by atoms with Gasteiger partial charge in [-0.25, -0.2) is 8.42 Å². The second-order valence-electron chi connectivity index (χ2n) is 5.78. The van der Waals surface area contributed by atoms with E-state index in [1.165, 1.54) is 47.4 Å². The van der Waals surface area contributed by atoms with Crippen molar-refractivity contribution < 1.29 is 23.0 Å². The molecule has 0 amide bonds. The monoisotopic (exact) mass is 425 g/mol. The molecule has 1 aliphatic rings. The molecule has 3 rings (SSSR count). The van der Waals surface area contributed by atoms with Crippen LogP contribution in [0, 0.1) is 20.2 Å². The number of methoxy groups -OCH3 is 1. The van der Waals surface area contributed by atoms with Gasteiger partial charge in [-0.05, 0) is 23.8 Å². The molecule has 28 heavy (non-hydrogen) atoms. The lowest BCUT2D eigenvalue weighted by atomic mass is 10.2. The third-order valence-corrected chi connectivity index (χ3v) is 7.46. The fourth-order valence-electron chi connectivity index (χ4n) is 2.84. The van der Waals surface area contributed by atoms with Crippen LogP contribution in [0.25, 0.3) is 0 Å². The number of rotatable bonds is 6. The lowest BCUT2D eigenvalue weighted by Crippen LogP contribution is -2.30. The van der Waals surface area contributed by atoms with Gasteiger partial charge in [0.05, 0.1) is 27.2 Å². The Morgan fingerprint density at radius 3 is 2.36 bits per heavy atom. The predicted octanol–water partition coefficient (Wildman–Crippen LogP) is 2.95. The van der Waals surface area contributed by atoms with Crippen molar-refractivity contribution in [3.8, 4) is 5.75 Å². The van der Waals surface area contributed by atoms with E-state index in [0.29, 0.717) is 11.3 Å². The Balaban J connectivity index is 1.97. The molecule has 1 atom stereocenters. The number of nitro groups is 2. The third-order valence-electron chi connectivity index (χ3n) is 4.19.